The molecule has 156 valence electrons. The number of thioether (sulfide) groups is 1. The molecular weight excluding hydrogens is 404 g/mol. The first-order chi connectivity index (χ1) is 14.5. The molecule has 1 aliphatic rings. The molecule has 3 aromatic rings. The molecule has 0 spiro atoms. The van der Waals surface area contributed by atoms with Crippen molar-refractivity contribution in [1.82, 2.24) is 19.7 Å². The van der Waals surface area contributed by atoms with Crippen molar-refractivity contribution in [2.24, 2.45) is 0 Å². The monoisotopic (exact) mass is 426 g/mol. The number of benzene rings is 2. The third kappa shape index (κ3) is 4.20. The molecule has 4 rings (SSSR count). The zero-order chi connectivity index (χ0) is 21.1. The van der Waals surface area contributed by atoms with Crippen molar-refractivity contribution in [2.45, 2.75) is 18.6 Å². The smallest absolute Gasteiger partial charge is 0.233 e. The van der Waals surface area contributed by atoms with Gasteiger partial charge in [0.15, 0.2) is 16.7 Å². The van der Waals surface area contributed by atoms with Crippen LogP contribution in [0.15, 0.2) is 47.6 Å². The van der Waals surface area contributed by atoms with E-state index in [1.165, 1.54) is 11.8 Å². The van der Waals surface area contributed by atoms with Gasteiger partial charge in [0.1, 0.15) is 11.6 Å². The number of hydrogen-bond donors (Lipinski definition) is 0. The molecule has 0 radical (unpaired) electrons. The topological polar surface area (TPSA) is 78.7 Å². The van der Waals surface area contributed by atoms with Crippen LogP contribution in [0.25, 0.3) is 5.69 Å². The predicted molar refractivity (Wildman–Crippen MR) is 112 cm³/mol. The van der Waals surface area contributed by atoms with Gasteiger partial charge in [-0.1, -0.05) is 17.8 Å². The highest BCUT2D eigenvalue weighted by molar-refractivity contribution is 7.99. The van der Waals surface area contributed by atoms with E-state index in [2.05, 4.69) is 10.2 Å². The third-order valence-electron chi connectivity index (χ3n) is 4.73. The van der Waals surface area contributed by atoms with Crippen LogP contribution in [0.2, 0.25) is 0 Å². The van der Waals surface area contributed by atoms with Gasteiger partial charge in [0.25, 0.3) is 0 Å². The second-order valence-electron chi connectivity index (χ2n) is 6.79. The molecule has 1 aliphatic heterocycles. The number of amides is 1. The summed E-state index contributed by atoms with van der Waals surface area (Å²) in [5.74, 6) is 3.24. The second-order valence-corrected chi connectivity index (χ2v) is 7.73. The van der Waals surface area contributed by atoms with Gasteiger partial charge in [-0.3, -0.25) is 9.36 Å². The van der Waals surface area contributed by atoms with E-state index in [0.717, 1.165) is 28.6 Å². The van der Waals surface area contributed by atoms with E-state index in [1.54, 1.807) is 19.1 Å². The van der Waals surface area contributed by atoms with Crippen molar-refractivity contribution in [2.75, 3.05) is 26.7 Å². The summed E-state index contributed by atoms with van der Waals surface area (Å²) in [6.45, 7) is 2.60. The van der Waals surface area contributed by atoms with Crippen LogP contribution in [0.5, 0.6) is 17.2 Å². The lowest BCUT2D eigenvalue weighted by molar-refractivity contribution is -0.127. The molecule has 1 amide bonds. The molecule has 2 aromatic carbocycles. The molecule has 0 aliphatic carbocycles. The lowest BCUT2D eigenvalue weighted by atomic mass is 10.2. The third-order valence-corrected chi connectivity index (χ3v) is 5.65. The maximum absolute atomic E-state index is 12.7. The van der Waals surface area contributed by atoms with Crippen LogP contribution < -0.4 is 14.2 Å². The largest absolute Gasteiger partial charge is 0.497 e. The fourth-order valence-corrected chi connectivity index (χ4v) is 4.04. The summed E-state index contributed by atoms with van der Waals surface area (Å²) < 4.78 is 17.9. The quantitative estimate of drug-likeness (QED) is 0.537. The van der Waals surface area contributed by atoms with Crippen LogP contribution in [-0.2, 0) is 11.3 Å². The number of carbonyl (C=O) groups is 1. The van der Waals surface area contributed by atoms with Gasteiger partial charge in [0.2, 0.25) is 12.7 Å². The van der Waals surface area contributed by atoms with E-state index in [1.807, 2.05) is 54.0 Å². The summed E-state index contributed by atoms with van der Waals surface area (Å²) in [5.41, 5.74) is 1.90. The number of nitrogens with zero attached hydrogens (tertiary/aromatic N) is 4. The van der Waals surface area contributed by atoms with Crippen LogP contribution in [0.4, 0.5) is 0 Å². The Hall–Kier alpha value is -3.20. The minimum atomic E-state index is -0.000370. The maximum atomic E-state index is 12.7. The van der Waals surface area contributed by atoms with Crippen LogP contribution in [0.3, 0.4) is 0 Å². The van der Waals surface area contributed by atoms with Crippen LogP contribution in [0.1, 0.15) is 11.4 Å². The van der Waals surface area contributed by atoms with E-state index >= 15 is 0 Å². The van der Waals surface area contributed by atoms with Gasteiger partial charge in [0.05, 0.1) is 12.9 Å². The van der Waals surface area contributed by atoms with Crippen LogP contribution in [-0.4, -0.2) is 52.3 Å². The summed E-state index contributed by atoms with van der Waals surface area (Å²) in [6.07, 6.45) is 0. The van der Waals surface area contributed by atoms with E-state index in [9.17, 15) is 4.79 Å². The van der Waals surface area contributed by atoms with Gasteiger partial charge in [-0.15, -0.1) is 10.2 Å². The van der Waals surface area contributed by atoms with Crippen molar-refractivity contribution in [3.8, 4) is 22.9 Å². The number of rotatable bonds is 7. The molecule has 2 heterocycles. The average Bonchev–Trinajstić information content (AvgIpc) is 3.38. The van der Waals surface area contributed by atoms with Crippen LogP contribution >= 0.6 is 11.8 Å². The first-order valence-corrected chi connectivity index (χ1v) is 10.4. The maximum Gasteiger partial charge on any atom is 0.233 e. The van der Waals surface area contributed by atoms with Crippen molar-refractivity contribution in [1.29, 1.82) is 0 Å². The Labute approximate surface area is 178 Å². The molecule has 0 bridgehead atoms. The number of fused-ring (bicyclic) bond motifs is 1. The molecule has 0 saturated heterocycles. The molecule has 0 fully saturated rings. The standard InChI is InChI=1S/C21H22N4O4S/c1-14-22-23-21(25(14)16-5-7-17(27-3)8-6-16)30-12-20(26)24(2)11-15-4-9-18-19(10-15)29-13-28-18/h4-10H,11-13H2,1-3H3. The van der Waals surface area contributed by atoms with Crippen LogP contribution in [0, 0.1) is 6.92 Å². The summed E-state index contributed by atoms with van der Waals surface area (Å²) in [6, 6.07) is 13.3. The lowest BCUT2D eigenvalue weighted by Gasteiger charge is -2.17. The van der Waals surface area contributed by atoms with Gasteiger partial charge in [-0.2, -0.15) is 0 Å². The Morgan fingerprint density at radius 2 is 1.93 bits per heavy atom. The Morgan fingerprint density at radius 3 is 2.70 bits per heavy atom. The van der Waals surface area contributed by atoms with Gasteiger partial charge in [-0.25, -0.2) is 0 Å². The molecule has 30 heavy (non-hydrogen) atoms. The molecule has 9 heteroatoms. The fraction of sp³-hybridized carbons (Fsp3) is 0.286. The van der Waals surface area contributed by atoms with E-state index < -0.39 is 0 Å². The summed E-state index contributed by atoms with van der Waals surface area (Å²) in [7, 11) is 3.42. The van der Waals surface area contributed by atoms with Crippen molar-refractivity contribution in [3.05, 3.63) is 53.9 Å². The Bertz CT molecular complexity index is 1050. The van der Waals surface area contributed by atoms with E-state index in [4.69, 9.17) is 14.2 Å². The highest BCUT2D eigenvalue weighted by atomic mass is 32.2. The minimum Gasteiger partial charge on any atom is -0.497 e. The summed E-state index contributed by atoms with van der Waals surface area (Å²) in [5, 5.41) is 9.07. The van der Waals surface area contributed by atoms with Gasteiger partial charge in [0, 0.05) is 19.3 Å². The van der Waals surface area contributed by atoms with Crippen molar-refractivity contribution >= 4 is 17.7 Å². The zero-order valence-corrected chi connectivity index (χ0v) is 17.8. The molecular formula is C21H22N4O4S. The van der Waals surface area contributed by atoms with E-state index in [-0.39, 0.29) is 18.5 Å². The number of hydrogen-bond acceptors (Lipinski definition) is 7. The Kier molecular flexibility index (Phi) is 5.80. The zero-order valence-electron chi connectivity index (χ0n) is 17.0. The second kappa shape index (κ2) is 8.66. The number of carbonyl (C=O) groups excluding carboxylic acids is 1. The van der Waals surface area contributed by atoms with Crippen molar-refractivity contribution < 1.29 is 19.0 Å². The summed E-state index contributed by atoms with van der Waals surface area (Å²) in [4.78, 5) is 14.4. The van der Waals surface area contributed by atoms with Gasteiger partial charge >= 0.3 is 0 Å². The minimum absolute atomic E-state index is 0.000370. The van der Waals surface area contributed by atoms with Crippen molar-refractivity contribution in [3.63, 3.8) is 0 Å². The molecule has 0 N–H and O–H groups in total. The normalized spacial score (nSPS) is 12.1. The fourth-order valence-electron chi connectivity index (χ4n) is 3.10. The molecule has 1 aromatic heterocycles. The lowest BCUT2D eigenvalue weighted by Crippen LogP contribution is -2.27. The number of aryl methyl sites for hydroxylation is 1. The molecule has 0 saturated carbocycles. The Balaban J connectivity index is 1.40. The van der Waals surface area contributed by atoms with E-state index in [0.29, 0.717) is 17.5 Å². The summed E-state index contributed by atoms with van der Waals surface area (Å²) >= 11 is 1.36. The number of methoxy groups -OCH3 is 1. The predicted octanol–water partition coefficient (Wildman–Crippen LogP) is 3.06. The number of ether oxygens (including phenoxy) is 3. The molecule has 8 nitrogen and oxygen atoms in total. The first kappa shape index (κ1) is 20.1. The first-order valence-electron chi connectivity index (χ1n) is 9.37. The number of aromatic nitrogens is 3. The highest BCUT2D eigenvalue weighted by Gasteiger charge is 2.17. The average molecular weight is 426 g/mol. The Morgan fingerprint density at radius 1 is 1.17 bits per heavy atom. The molecule has 0 unspecified atom stereocenters. The van der Waals surface area contributed by atoms with Gasteiger partial charge in [-0.05, 0) is 48.9 Å². The SMILES string of the molecule is COc1ccc(-n2c(C)nnc2SCC(=O)N(C)Cc2ccc3c(c2)OCO3)cc1. The molecule has 0 atom stereocenters. The highest BCUT2D eigenvalue weighted by Crippen LogP contribution is 2.32. The van der Waals surface area contributed by atoms with Gasteiger partial charge < -0.3 is 19.1 Å².